The van der Waals surface area contributed by atoms with Gasteiger partial charge < -0.3 is 15.4 Å². The fourth-order valence-electron chi connectivity index (χ4n) is 3.41. The van der Waals surface area contributed by atoms with Gasteiger partial charge in [0.1, 0.15) is 22.3 Å². The third kappa shape index (κ3) is 5.87. The minimum atomic E-state index is -3.80. The normalized spacial score (nSPS) is 13.2. The monoisotopic (exact) mass is 513 g/mol. The molecular weight excluding hydrogens is 486 g/mol. The average Bonchev–Trinajstić information content (AvgIpc) is 3.73. The zero-order valence-corrected chi connectivity index (χ0v) is 20.8. The molecule has 0 aliphatic heterocycles. The Morgan fingerprint density at radius 3 is 2.56 bits per heavy atom. The molecule has 1 aromatic carbocycles. The average molecular weight is 514 g/mol. The predicted octanol–water partition coefficient (Wildman–Crippen LogP) is 2.83. The zero-order chi connectivity index (χ0) is 25.7. The number of aromatic nitrogens is 3. The Balaban J connectivity index is 1.73. The first-order valence-corrected chi connectivity index (χ1v) is 12.7. The molecule has 1 aliphatic rings. The van der Waals surface area contributed by atoms with Gasteiger partial charge in [0.15, 0.2) is 0 Å². The van der Waals surface area contributed by atoms with Crippen molar-refractivity contribution in [3.8, 4) is 6.01 Å². The van der Waals surface area contributed by atoms with Crippen LogP contribution in [0.25, 0.3) is 0 Å². The van der Waals surface area contributed by atoms with Gasteiger partial charge in [-0.3, -0.25) is 9.63 Å². The molecule has 13 heteroatoms. The van der Waals surface area contributed by atoms with Crippen molar-refractivity contribution < 1.29 is 22.8 Å². The lowest BCUT2D eigenvalue weighted by Gasteiger charge is -2.16. The maximum Gasteiger partial charge on any atom is 0.318 e. The molecule has 2 aromatic heterocycles. The first kappa shape index (κ1) is 25.3. The van der Waals surface area contributed by atoms with E-state index in [0.717, 1.165) is 18.4 Å². The van der Waals surface area contributed by atoms with Crippen molar-refractivity contribution in [2.24, 2.45) is 0 Å². The number of hydrogen-bond donors (Lipinski definition) is 4. The molecule has 12 nitrogen and oxygen atoms in total. The lowest BCUT2D eigenvalue weighted by atomic mass is 10.1. The summed E-state index contributed by atoms with van der Waals surface area (Å²) in [7, 11) is -0.998. The highest BCUT2D eigenvalue weighted by Crippen LogP contribution is 2.42. The second-order valence-corrected chi connectivity index (χ2v) is 9.73. The number of carbonyl (C=O) groups excluding carboxylic acids is 1. The number of anilines is 4. The molecule has 0 radical (unpaired) electrons. The van der Waals surface area contributed by atoms with Crippen LogP contribution < -0.4 is 25.6 Å². The number of methoxy groups -OCH3 is 1. The lowest BCUT2D eigenvalue weighted by molar-refractivity contribution is 0.0365. The largest absolute Gasteiger partial charge is 0.467 e. The van der Waals surface area contributed by atoms with Gasteiger partial charge in [-0.05, 0) is 68.6 Å². The molecule has 1 aliphatic carbocycles. The molecule has 2 heterocycles. The van der Waals surface area contributed by atoms with E-state index in [1.807, 2.05) is 6.07 Å². The number of pyridine rings is 1. The third-order valence-electron chi connectivity index (χ3n) is 5.39. The smallest absolute Gasteiger partial charge is 0.318 e. The minimum Gasteiger partial charge on any atom is -0.467 e. The second kappa shape index (κ2) is 10.8. The van der Waals surface area contributed by atoms with Crippen molar-refractivity contribution in [3.63, 3.8) is 0 Å². The number of benzene rings is 1. The molecule has 4 N–H and O–H groups in total. The van der Waals surface area contributed by atoms with Gasteiger partial charge in [0.2, 0.25) is 10.0 Å². The number of rotatable bonds is 11. The molecule has 1 amide bonds. The highest BCUT2D eigenvalue weighted by atomic mass is 32.2. The highest BCUT2D eigenvalue weighted by Gasteiger charge is 2.27. The van der Waals surface area contributed by atoms with Crippen LogP contribution in [0.15, 0.2) is 47.5 Å². The maximum atomic E-state index is 12.8. The number of ether oxygens (including phenoxy) is 1. The van der Waals surface area contributed by atoms with Crippen molar-refractivity contribution in [1.29, 1.82) is 0 Å². The summed E-state index contributed by atoms with van der Waals surface area (Å²) in [6.45, 7) is 2.00. The molecule has 4 rings (SSSR count). The van der Waals surface area contributed by atoms with Gasteiger partial charge in [0, 0.05) is 6.20 Å². The SMILES string of the molecule is CCONC(=O)c1ccc(Nc2ccnc(OC)n2)nc1Nc1ccc(C2CC2)cc1S(=O)(=O)NC. The minimum absolute atomic E-state index is 0.0614. The van der Waals surface area contributed by atoms with Crippen LogP contribution in [0.4, 0.5) is 23.1 Å². The fraction of sp³-hybridized carbons (Fsp3) is 0.304. The van der Waals surface area contributed by atoms with E-state index < -0.39 is 15.9 Å². The summed E-state index contributed by atoms with van der Waals surface area (Å²) in [5.41, 5.74) is 3.71. The van der Waals surface area contributed by atoms with Crippen LogP contribution in [0.2, 0.25) is 0 Å². The molecule has 0 spiro atoms. The number of hydroxylamine groups is 1. The number of carbonyl (C=O) groups is 1. The summed E-state index contributed by atoms with van der Waals surface area (Å²) in [5, 5.41) is 6.06. The quantitative estimate of drug-likeness (QED) is 0.281. The van der Waals surface area contributed by atoms with E-state index >= 15 is 0 Å². The van der Waals surface area contributed by atoms with Gasteiger partial charge in [-0.2, -0.15) is 4.98 Å². The number of hydrogen-bond acceptors (Lipinski definition) is 10. The summed E-state index contributed by atoms with van der Waals surface area (Å²) in [4.78, 5) is 30.5. The molecule has 36 heavy (non-hydrogen) atoms. The predicted molar refractivity (Wildman–Crippen MR) is 133 cm³/mol. The molecule has 1 fully saturated rings. The van der Waals surface area contributed by atoms with Crippen molar-refractivity contribution in [1.82, 2.24) is 25.2 Å². The molecule has 0 bridgehead atoms. The van der Waals surface area contributed by atoms with Crippen molar-refractivity contribution in [3.05, 3.63) is 53.7 Å². The number of amides is 1. The molecular formula is C23H27N7O5S. The number of sulfonamides is 1. The third-order valence-corrected chi connectivity index (χ3v) is 6.84. The van der Waals surface area contributed by atoms with Crippen molar-refractivity contribution in [2.45, 2.75) is 30.6 Å². The first-order valence-electron chi connectivity index (χ1n) is 11.3. The Bertz CT molecular complexity index is 1360. The van der Waals surface area contributed by atoms with Crippen molar-refractivity contribution in [2.75, 3.05) is 31.4 Å². The second-order valence-electron chi connectivity index (χ2n) is 7.87. The van der Waals surface area contributed by atoms with Crippen LogP contribution in [-0.4, -0.2) is 50.0 Å². The lowest BCUT2D eigenvalue weighted by Crippen LogP contribution is -2.25. The van der Waals surface area contributed by atoms with Crippen LogP contribution >= 0.6 is 0 Å². The van der Waals surface area contributed by atoms with Crippen LogP contribution in [0.3, 0.4) is 0 Å². The summed E-state index contributed by atoms with van der Waals surface area (Å²) in [6.07, 6.45) is 3.57. The fourth-order valence-corrected chi connectivity index (χ4v) is 4.33. The van der Waals surface area contributed by atoms with E-state index in [-0.39, 0.29) is 34.6 Å². The van der Waals surface area contributed by atoms with Crippen LogP contribution in [0, 0.1) is 0 Å². The molecule has 3 aromatic rings. The molecule has 0 atom stereocenters. The van der Waals surface area contributed by atoms with Gasteiger partial charge in [-0.25, -0.2) is 28.6 Å². The maximum absolute atomic E-state index is 12.8. The zero-order valence-electron chi connectivity index (χ0n) is 20.0. The van der Waals surface area contributed by atoms with Crippen molar-refractivity contribution >= 4 is 39.1 Å². The van der Waals surface area contributed by atoms with E-state index in [0.29, 0.717) is 17.6 Å². The molecule has 190 valence electrons. The summed E-state index contributed by atoms with van der Waals surface area (Å²) in [5.74, 6) is 0.686. The summed E-state index contributed by atoms with van der Waals surface area (Å²) >= 11 is 0. The van der Waals surface area contributed by atoms with Crippen LogP contribution in [0.5, 0.6) is 6.01 Å². The van der Waals surface area contributed by atoms with Gasteiger partial charge in [-0.15, -0.1) is 0 Å². The van der Waals surface area contributed by atoms with E-state index in [9.17, 15) is 13.2 Å². The topological polar surface area (TPSA) is 156 Å². The Kier molecular flexibility index (Phi) is 7.62. The number of nitrogens with one attached hydrogen (secondary N) is 4. The summed E-state index contributed by atoms with van der Waals surface area (Å²) in [6, 6.07) is 10.1. The van der Waals surface area contributed by atoms with E-state index in [1.165, 1.54) is 26.4 Å². The molecule has 1 saturated carbocycles. The standard InChI is InChI=1S/C23H27N7O5S/c1-4-35-30-22(31)16-8-10-19(27-20-11-12-25-23(29-20)34-3)28-21(16)26-17-9-7-15(14-5-6-14)13-18(17)36(32,33)24-2/h7-14,24H,4-6H2,1-3H3,(H,30,31)(H2,25,26,27,28,29). The Morgan fingerprint density at radius 2 is 1.86 bits per heavy atom. The Morgan fingerprint density at radius 1 is 1.08 bits per heavy atom. The highest BCUT2D eigenvalue weighted by molar-refractivity contribution is 7.89. The first-order chi connectivity index (χ1) is 17.3. The van der Waals surface area contributed by atoms with Crippen LogP contribution in [-0.2, 0) is 14.9 Å². The van der Waals surface area contributed by atoms with E-state index in [2.05, 4.69) is 35.8 Å². The number of nitrogens with zero attached hydrogens (tertiary/aromatic N) is 3. The van der Waals surface area contributed by atoms with Crippen LogP contribution in [0.1, 0.15) is 41.6 Å². The van der Waals surface area contributed by atoms with Gasteiger partial charge in [0.05, 0.1) is 25.0 Å². The molecule has 0 saturated heterocycles. The van der Waals surface area contributed by atoms with Gasteiger partial charge in [0.25, 0.3) is 5.91 Å². The van der Waals surface area contributed by atoms with E-state index in [4.69, 9.17) is 9.57 Å². The van der Waals surface area contributed by atoms with Gasteiger partial charge >= 0.3 is 6.01 Å². The van der Waals surface area contributed by atoms with E-state index in [1.54, 1.807) is 31.2 Å². The Hall–Kier alpha value is -3.81. The summed E-state index contributed by atoms with van der Waals surface area (Å²) < 4.78 is 33.1. The molecule has 0 unspecified atom stereocenters. The Labute approximate surface area is 208 Å². The van der Waals surface area contributed by atoms with Gasteiger partial charge in [-0.1, -0.05) is 6.07 Å².